The quantitative estimate of drug-likeness (QED) is 0.915. The zero-order valence-electron chi connectivity index (χ0n) is 11.1. The number of aromatic nitrogens is 2. The lowest BCUT2D eigenvalue weighted by Gasteiger charge is -2.33. The largest absolute Gasteiger partial charge is 0.393 e. The van der Waals surface area contributed by atoms with Crippen LogP contribution in [0.1, 0.15) is 31.2 Å². The summed E-state index contributed by atoms with van der Waals surface area (Å²) in [5.74, 6) is -1.19. The van der Waals surface area contributed by atoms with Gasteiger partial charge in [0.2, 0.25) is 0 Å². The maximum Gasteiger partial charge on any atom is 0.393 e. The van der Waals surface area contributed by atoms with Crippen LogP contribution >= 0.6 is 0 Å². The zero-order valence-corrected chi connectivity index (χ0v) is 11.1. The van der Waals surface area contributed by atoms with Gasteiger partial charge in [-0.1, -0.05) is 12.8 Å². The van der Waals surface area contributed by atoms with Crippen LogP contribution in [0, 0.1) is 12.8 Å². The maximum atomic E-state index is 12.9. The van der Waals surface area contributed by atoms with Crippen LogP contribution in [-0.4, -0.2) is 28.5 Å². The average molecular weight is 275 g/mol. The zero-order chi connectivity index (χ0) is 13.9. The third-order valence-electron chi connectivity index (χ3n) is 3.70. The van der Waals surface area contributed by atoms with Crippen molar-refractivity contribution in [1.82, 2.24) is 15.1 Å². The molecule has 0 radical (unpaired) electrons. The predicted molar refractivity (Wildman–Crippen MR) is 66.8 cm³/mol. The van der Waals surface area contributed by atoms with Gasteiger partial charge < -0.3 is 5.32 Å². The monoisotopic (exact) mass is 275 g/mol. The molecule has 0 bridgehead atoms. The summed E-state index contributed by atoms with van der Waals surface area (Å²) in [5, 5.41) is 7.18. The summed E-state index contributed by atoms with van der Waals surface area (Å²) in [5.41, 5.74) is 1.06. The summed E-state index contributed by atoms with van der Waals surface area (Å²) < 4.78 is 40.4. The van der Waals surface area contributed by atoms with E-state index in [-0.39, 0.29) is 6.42 Å². The Hall–Kier alpha value is -1.04. The van der Waals surface area contributed by atoms with Gasteiger partial charge in [-0.25, -0.2) is 0 Å². The molecule has 1 aromatic heterocycles. The van der Waals surface area contributed by atoms with Gasteiger partial charge in [-0.3, -0.25) is 4.68 Å². The molecule has 1 aliphatic carbocycles. The van der Waals surface area contributed by atoms with Gasteiger partial charge in [0.05, 0.1) is 18.7 Å². The molecule has 0 aromatic carbocycles. The molecule has 1 N–H and O–H groups in total. The van der Waals surface area contributed by atoms with Crippen molar-refractivity contribution in [1.29, 1.82) is 0 Å². The SMILES string of the molecule is Cc1cnn(CCNC2CCCCC2C(F)(F)F)c1. The van der Waals surface area contributed by atoms with Crippen molar-refractivity contribution in [3.05, 3.63) is 18.0 Å². The summed E-state index contributed by atoms with van der Waals surface area (Å²) in [7, 11) is 0. The highest BCUT2D eigenvalue weighted by Gasteiger charge is 2.45. The fourth-order valence-corrected chi connectivity index (χ4v) is 2.72. The molecule has 2 atom stereocenters. The van der Waals surface area contributed by atoms with E-state index in [2.05, 4.69) is 10.4 Å². The highest BCUT2D eigenvalue weighted by Crippen LogP contribution is 2.37. The van der Waals surface area contributed by atoms with E-state index in [9.17, 15) is 13.2 Å². The van der Waals surface area contributed by atoms with Gasteiger partial charge in [-0.15, -0.1) is 0 Å². The van der Waals surface area contributed by atoms with Crippen LogP contribution < -0.4 is 5.32 Å². The molecule has 108 valence electrons. The summed E-state index contributed by atoms with van der Waals surface area (Å²) in [4.78, 5) is 0. The Morgan fingerprint density at radius 1 is 1.37 bits per heavy atom. The number of nitrogens with one attached hydrogen (secondary N) is 1. The summed E-state index contributed by atoms with van der Waals surface area (Å²) in [6.45, 7) is 3.07. The third-order valence-corrected chi connectivity index (χ3v) is 3.70. The number of alkyl halides is 3. The van der Waals surface area contributed by atoms with Gasteiger partial charge in [-0.05, 0) is 25.3 Å². The van der Waals surface area contributed by atoms with E-state index in [1.807, 2.05) is 13.1 Å². The Labute approximate surface area is 111 Å². The van der Waals surface area contributed by atoms with Crippen LogP contribution in [0.5, 0.6) is 0 Å². The number of rotatable bonds is 4. The number of hydrogen-bond acceptors (Lipinski definition) is 2. The number of hydrogen-bond donors (Lipinski definition) is 1. The van der Waals surface area contributed by atoms with Crippen LogP contribution in [0.3, 0.4) is 0 Å². The fraction of sp³-hybridized carbons (Fsp3) is 0.769. The Balaban J connectivity index is 1.83. The fourth-order valence-electron chi connectivity index (χ4n) is 2.72. The van der Waals surface area contributed by atoms with Crippen LogP contribution in [0.25, 0.3) is 0 Å². The highest BCUT2D eigenvalue weighted by atomic mass is 19.4. The Kier molecular flexibility index (Phi) is 4.50. The van der Waals surface area contributed by atoms with E-state index in [4.69, 9.17) is 0 Å². The lowest BCUT2D eigenvalue weighted by Crippen LogP contribution is -2.46. The first kappa shape index (κ1) is 14.4. The van der Waals surface area contributed by atoms with Crippen LogP contribution in [-0.2, 0) is 6.54 Å². The number of halogens is 3. The van der Waals surface area contributed by atoms with Gasteiger partial charge in [0, 0.05) is 18.8 Å². The Morgan fingerprint density at radius 2 is 2.11 bits per heavy atom. The lowest BCUT2D eigenvalue weighted by atomic mass is 9.84. The topological polar surface area (TPSA) is 29.9 Å². The first-order valence-electron chi connectivity index (χ1n) is 6.76. The van der Waals surface area contributed by atoms with Crippen molar-refractivity contribution in [3.8, 4) is 0 Å². The van der Waals surface area contributed by atoms with Gasteiger partial charge in [-0.2, -0.15) is 18.3 Å². The predicted octanol–water partition coefficient (Wildman–Crippen LogP) is 2.90. The molecule has 0 spiro atoms. The van der Waals surface area contributed by atoms with E-state index in [0.717, 1.165) is 12.0 Å². The van der Waals surface area contributed by atoms with Gasteiger partial charge in [0.25, 0.3) is 0 Å². The van der Waals surface area contributed by atoms with Crippen LogP contribution in [0.2, 0.25) is 0 Å². The standard InChI is InChI=1S/C13H20F3N3/c1-10-8-18-19(9-10)7-6-17-12-5-3-2-4-11(12)13(14,15)16/h8-9,11-12,17H,2-7H2,1H3. The lowest BCUT2D eigenvalue weighted by molar-refractivity contribution is -0.188. The van der Waals surface area contributed by atoms with E-state index >= 15 is 0 Å². The second-order valence-corrected chi connectivity index (χ2v) is 5.27. The molecule has 2 unspecified atom stereocenters. The van der Waals surface area contributed by atoms with E-state index < -0.39 is 18.1 Å². The van der Waals surface area contributed by atoms with E-state index in [1.165, 1.54) is 0 Å². The average Bonchev–Trinajstić information content (AvgIpc) is 2.74. The van der Waals surface area contributed by atoms with Crippen LogP contribution in [0.15, 0.2) is 12.4 Å². The van der Waals surface area contributed by atoms with E-state index in [0.29, 0.717) is 25.9 Å². The van der Waals surface area contributed by atoms with Crippen LogP contribution in [0.4, 0.5) is 13.2 Å². The van der Waals surface area contributed by atoms with Crippen molar-refractivity contribution in [2.45, 2.75) is 51.4 Å². The Bertz CT molecular complexity index is 400. The van der Waals surface area contributed by atoms with Gasteiger partial charge in [0.1, 0.15) is 0 Å². The maximum absolute atomic E-state index is 12.9. The first-order valence-corrected chi connectivity index (χ1v) is 6.76. The summed E-state index contributed by atoms with van der Waals surface area (Å²) >= 11 is 0. The second kappa shape index (κ2) is 5.94. The molecule has 1 fully saturated rings. The minimum absolute atomic E-state index is 0.252. The molecule has 0 saturated heterocycles. The molecule has 0 aliphatic heterocycles. The first-order chi connectivity index (χ1) is 8.97. The molecule has 1 aliphatic rings. The minimum Gasteiger partial charge on any atom is -0.312 e. The summed E-state index contributed by atoms with van der Waals surface area (Å²) in [6.07, 6.45) is 1.99. The molecule has 6 heteroatoms. The number of nitrogens with zero attached hydrogens (tertiary/aromatic N) is 2. The number of aryl methyl sites for hydroxylation is 1. The third kappa shape index (κ3) is 3.96. The molecular weight excluding hydrogens is 255 g/mol. The van der Waals surface area contributed by atoms with Crippen molar-refractivity contribution in [3.63, 3.8) is 0 Å². The summed E-state index contributed by atoms with van der Waals surface area (Å²) in [6, 6.07) is -0.439. The Morgan fingerprint density at radius 3 is 2.74 bits per heavy atom. The van der Waals surface area contributed by atoms with Crippen molar-refractivity contribution in [2.75, 3.05) is 6.54 Å². The molecule has 1 aromatic rings. The van der Waals surface area contributed by atoms with Crippen molar-refractivity contribution < 1.29 is 13.2 Å². The van der Waals surface area contributed by atoms with E-state index in [1.54, 1.807) is 10.9 Å². The molecular formula is C13H20F3N3. The molecule has 3 nitrogen and oxygen atoms in total. The second-order valence-electron chi connectivity index (χ2n) is 5.27. The van der Waals surface area contributed by atoms with Crippen molar-refractivity contribution >= 4 is 0 Å². The highest BCUT2D eigenvalue weighted by molar-refractivity contribution is 4.99. The molecule has 2 rings (SSSR count). The molecule has 0 amide bonds. The smallest absolute Gasteiger partial charge is 0.312 e. The van der Waals surface area contributed by atoms with Gasteiger partial charge in [0.15, 0.2) is 0 Å². The molecule has 1 saturated carbocycles. The molecule has 1 heterocycles. The normalized spacial score (nSPS) is 24.6. The minimum atomic E-state index is -4.08. The van der Waals surface area contributed by atoms with Crippen molar-refractivity contribution in [2.24, 2.45) is 5.92 Å². The molecule has 19 heavy (non-hydrogen) atoms. The van der Waals surface area contributed by atoms with Gasteiger partial charge >= 0.3 is 6.18 Å².